The van der Waals surface area contributed by atoms with Gasteiger partial charge >= 0.3 is 0 Å². The number of hydrogen-bond donors (Lipinski definition) is 1. The van der Waals surface area contributed by atoms with Crippen molar-refractivity contribution < 1.29 is 4.39 Å². The maximum atomic E-state index is 13.6. The molecule has 1 atom stereocenters. The molecular formula is C28H35FN6O. The number of tetrazole rings is 1. The maximum Gasteiger partial charge on any atom is 0.252 e. The van der Waals surface area contributed by atoms with Gasteiger partial charge in [0.1, 0.15) is 5.82 Å². The number of H-pyrrole nitrogens is 1. The molecule has 190 valence electrons. The first-order chi connectivity index (χ1) is 17.0. The van der Waals surface area contributed by atoms with Crippen molar-refractivity contribution in [2.45, 2.75) is 73.1 Å². The lowest BCUT2D eigenvalue weighted by atomic mass is 9.98. The van der Waals surface area contributed by atoms with Crippen molar-refractivity contribution in [3.05, 3.63) is 86.7 Å². The second-order valence-electron chi connectivity index (χ2n) is 11.0. The molecule has 0 saturated carbocycles. The van der Waals surface area contributed by atoms with Gasteiger partial charge in [-0.3, -0.25) is 9.69 Å². The number of benzene rings is 2. The fourth-order valence-corrected chi connectivity index (χ4v) is 4.77. The number of aryl methyl sites for hydroxylation is 2. The third-order valence-electron chi connectivity index (χ3n) is 6.61. The number of rotatable bonds is 7. The van der Waals surface area contributed by atoms with E-state index in [1.165, 1.54) is 12.1 Å². The summed E-state index contributed by atoms with van der Waals surface area (Å²) in [5, 5.41) is 13.8. The van der Waals surface area contributed by atoms with Gasteiger partial charge in [-0.25, -0.2) is 9.07 Å². The van der Waals surface area contributed by atoms with Crippen LogP contribution in [0.3, 0.4) is 0 Å². The molecule has 4 rings (SSSR count). The van der Waals surface area contributed by atoms with Crippen molar-refractivity contribution in [3.63, 3.8) is 0 Å². The van der Waals surface area contributed by atoms with Gasteiger partial charge in [0.15, 0.2) is 5.82 Å². The van der Waals surface area contributed by atoms with E-state index in [-0.39, 0.29) is 28.9 Å². The van der Waals surface area contributed by atoms with Gasteiger partial charge in [-0.15, -0.1) is 5.10 Å². The van der Waals surface area contributed by atoms with Crippen LogP contribution in [0.4, 0.5) is 4.39 Å². The van der Waals surface area contributed by atoms with Crippen molar-refractivity contribution in [2.24, 2.45) is 5.92 Å². The van der Waals surface area contributed by atoms with E-state index in [0.29, 0.717) is 18.7 Å². The molecule has 4 aromatic rings. The molecule has 2 heterocycles. The van der Waals surface area contributed by atoms with Gasteiger partial charge in [-0.1, -0.05) is 38.1 Å². The van der Waals surface area contributed by atoms with E-state index >= 15 is 0 Å². The number of aromatic amines is 1. The van der Waals surface area contributed by atoms with E-state index in [4.69, 9.17) is 0 Å². The van der Waals surface area contributed by atoms with Crippen molar-refractivity contribution in [2.75, 3.05) is 0 Å². The third kappa shape index (κ3) is 5.23. The zero-order chi connectivity index (χ0) is 26.2. The SMILES string of the molecule is Cc1ccc(C)c2[nH]c(=O)c(CN(Cc3ccc(F)cc3)[C@H](c3nnnn3C(C)(C)C)C(C)C)cc12. The molecule has 0 spiro atoms. The molecule has 2 aromatic carbocycles. The van der Waals surface area contributed by atoms with Crippen LogP contribution in [-0.4, -0.2) is 30.1 Å². The van der Waals surface area contributed by atoms with E-state index in [2.05, 4.69) is 73.0 Å². The van der Waals surface area contributed by atoms with Gasteiger partial charge in [0, 0.05) is 24.0 Å². The number of halogens is 1. The molecular weight excluding hydrogens is 455 g/mol. The van der Waals surface area contributed by atoms with Crippen LogP contribution >= 0.6 is 0 Å². The van der Waals surface area contributed by atoms with Gasteiger partial charge in [0.2, 0.25) is 0 Å². The van der Waals surface area contributed by atoms with Crippen LogP contribution in [0.5, 0.6) is 0 Å². The van der Waals surface area contributed by atoms with Crippen LogP contribution in [0.15, 0.2) is 47.3 Å². The summed E-state index contributed by atoms with van der Waals surface area (Å²) >= 11 is 0. The minimum Gasteiger partial charge on any atom is -0.321 e. The smallest absolute Gasteiger partial charge is 0.252 e. The van der Waals surface area contributed by atoms with E-state index in [1.54, 1.807) is 12.1 Å². The zero-order valence-electron chi connectivity index (χ0n) is 22.1. The normalized spacial score (nSPS) is 13.2. The summed E-state index contributed by atoms with van der Waals surface area (Å²) in [6, 6.07) is 12.4. The molecule has 0 radical (unpaired) electrons. The second-order valence-corrected chi connectivity index (χ2v) is 11.0. The van der Waals surface area contributed by atoms with Crippen LogP contribution in [0, 0.1) is 25.6 Å². The average molecular weight is 491 g/mol. The topological polar surface area (TPSA) is 79.7 Å². The monoisotopic (exact) mass is 490 g/mol. The number of pyridine rings is 1. The molecule has 0 aliphatic carbocycles. The van der Waals surface area contributed by atoms with Crippen LogP contribution in [-0.2, 0) is 18.6 Å². The number of fused-ring (bicyclic) bond motifs is 1. The van der Waals surface area contributed by atoms with Crippen LogP contribution in [0.1, 0.15) is 68.7 Å². The number of nitrogens with zero attached hydrogens (tertiary/aromatic N) is 5. The van der Waals surface area contributed by atoms with Gasteiger partial charge in [-0.05, 0) is 85.9 Å². The summed E-state index contributed by atoms with van der Waals surface area (Å²) in [6.45, 7) is 15.4. The quantitative estimate of drug-likeness (QED) is 0.374. The maximum absolute atomic E-state index is 13.6. The van der Waals surface area contributed by atoms with Crippen molar-refractivity contribution >= 4 is 10.9 Å². The van der Waals surface area contributed by atoms with E-state index in [1.807, 2.05) is 23.7 Å². The molecule has 0 aliphatic rings. The molecule has 0 unspecified atom stereocenters. The number of aromatic nitrogens is 5. The summed E-state index contributed by atoms with van der Waals surface area (Å²) in [4.78, 5) is 18.6. The minimum atomic E-state index is -0.317. The van der Waals surface area contributed by atoms with Gasteiger partial charge in [0.05, 0.1) is 17.1 Å². The molecule has 7 nitrogen and oxygen atoms in total. The molecule has 2 aromatic heterocycles. The Hall–Kier alpha value is -3.39. The fraction of sp³-hybridized carbons (Fsp3) is 0.429. The Bertz CT molecular complexity index is 1410. The molecule has 8 heteroatoms. The Morgan fingerprint density at radius 2 is 1.69 bits per heavy atom. The highest BCUT2D eigenvalue weighted by Gasteiger charge is 2.33. The van der Waals surface area contributed by atoms with E-state index in [9.17, 15) is 9.18 Å². The molecule has 0 amide bonds. The first-order valence-electron chi connectivity index (χ1n) is 12.3. The molecule has 0 aliphatic heterocycles. The lowest BCUT2D eigenvalue weighted by Gasteiger charge is -2.35. The predicted molar refractivity (Wildman–Crippen MR) is 140 cm³/mol. The summed E-state index contributed by atoms with van der Waals surface area (Å²) in [5.74, 6) is 0.601. The lowest BCUT2D eigenvalue weighted by molar-refractivity contribution is 0.119. The number of nitrogens with one attached hydrogen (secondary N) is 1. The Morgan fingerprint density at radius 3 is 2.33 bits per heavy atom. The largest absolute Gasteiger partial charge is 0.321 e. The Labute approximate surface area is 211 Å². The fourth-order valence-electron chi connectivity index (χ4n) is 4.77. The van der Waals surface area contributed by atoms with Gasteiger partial charge in [0.25, 0.3) is 5.56 Å². The van der Waals surface area contributed by atoms with E-state index in [0.717, 1.165) is 33.4 Å². The molecule has 0 bridgehead atoms. The standard InChI is InChI=1S/C28H35FN6O/c1-17(2)25(26-31-32-33-35(26)28(5,6)7)34(15-20-10-12-22(29)13-11-20)16-21-14-23-18(3)8-9-19(4)24(23)30-27(21)36/h8-14,17,25H,15-16H2,1-7H3,(H,30,36)/t25-/m0/s1. The Kier molecular flexibility index (Phi) is 7.09. The molecule has 36 heavy (non-hydrogen) atoms. The second kappa shape index (κ2) is 9.93. The van der Waals surface area contributed by atoms with Crippen LogP contribution in [0.25, 0.3) is 10.9 Å². The average Bonchev–Trinajstić information content (AvgIpc) is 3.28. The summed E-state index contributed by atoms with van der Waals surface area (Å²) in [6.07, 6.45) is 0. The number of hydrogen-bond acceptors (Lipinski definition) is 5. The van der Waals surface area contributed by atoms with E-state index < -0.39 is 0 Å². The zero-order valence-corrected chi connectivity index (χ0v) is 22.1. The molecule has 1 N–H and O–H groups in total. The highest BCUT2D eigenvalue weighted by atomic mass is 19.1. The van der Waals surface area contributed by atoms with Gasteiger partial charge in [-0.2, -0.15) is 0 Å². The van der Waals surface area contributed by atoms with Crippen LogP contribution in [0.2, 0.25) is 0 Å². The van der Waals surface area contributed by atoms with Crippen molar-refractivity contribution in [1.82, 2.24) is 30.1 Å². The summed E-state index contributed by atoms with van der Waals surface area (Å²) in [7, 11) is 0. The predicted octanol–water partition coefficient (Wildman–Crippen LogP) is 5.43. The Balaban J connectivity index is 1.84. The molecule has 0 saturated heterocycles. The molecule has 0 fully saturated rings. The first-order valence-corrected chi connectivity index (χ1v) is 12.3. The first kappa shape index (κ1) is 25.7. The minimum absolute atomic E-state index is 0.113. The van der Waals surface area contributed by atoms with Crippen molar-refractivity contribution in [3.8, 4) is 0 Å². The Morgan fingerprint density at radius 1 is 1.03 bits per heavy atom. The van der Waals surface area contributed by atoms with Crippen LogP contribution < -0.4 is 5.56 Å². The van der Waals surface area contributed by atoms with Gasteiger partial charge < -0.3 is 4.98 Å². The highest BCUT2D eigenvalue weighted by molar-refractivity contribution is 5.85. The highest BCUT2D eigenvalue weighted by Crippen LogP contribution is 2.32. The van der Waals surface area contributed by atoms with Crippen molar-refractivity contribution in [1.29, 1.82) is 0 Å². The third-order valence-corrected chi connectivity index (χ3v) is 6.61. The summed E-state index contributed by atoms with van der Waals surface area (Å²) < 4.78 is 15.5. The summed E-state index contributed by atoms with van der Waals surface area (Å²) in [5.41, 5.74) is 4.19. The lowest BCUT2D eigenvalue weighted by Crippen LogP contribution is -2.37.